The highest BCUT2D eigenvalue weighted by atomic mass is 16.5. The van der Waals surface area contributed by atoms with Crippen molar-refractivity contribution in [2.24, 2.45) is 5.92 Å². The number of hydrogen-bond acceptors (Lipinski definition) is 6. The van der Waals surface area contributed by atoms with Gasteiger partial charge in [-0.15, -0.1) is 0 Å². The smallest absolute Gasteiger partial charge is 0.330 e. The quantitative estimate of drug-likeness (QED) is 0.263. The molecule has 1 fully saturated rings. The number of benzene rings is 2. The van der Waals surface area contributed by atoms with Crippen LogP contribution in [0.5, 0.6) is 0 Å². The standard InChI is InChI=1S/C31H38N4O5/c1-4-40-29(37)17-13-25(21-24-18-19-32-30(24)38)33-31(39)27(20-23-8-6-5-7-9-23)34-28(36)16-12-22-10-14-26(15-11-22)35(2)3/h5-17,24-25,27H,4,18-21H2,1-3H3,(H,32,38)(H,33,39)(H,34,36). The molecular weight excluding hydrogens is 508 g/mol. The van der Waals surface area contributed by atoms with Crippen LogP contribution in [0.2, 0.25) is 0 Å². The summed E-state index contributed by atoms with van der Waals surface area (Å²) in [6.07, 6.45) is 7.12. The Morgan fingerprint density at radius 1 is 1.05 bits per heavy atom. The highest BCUT2D eigenvalue weighted by molar-refractivity contribution is 5.96. The van der Waals surface area contributed by atoms with Crippen LogP contribution >= 0.6 is 0 Å². The van der Waals surface area contributed by atoms with E-state index in [-0.39, 0.29) is 24.9 Å². The Morgan fingerprint density at radius 3 is 2.40 bits per heavy atom. The van der Waals surface area contributed by atoms with Crippen LogP contribution in [0.1, 0.15) is 30.9 Å². The van der Waals surface area contributed by atoms with Gasteiger partial charge in [0.15, 0.2) is 0 Å². The minimum Gasteiger partial charge on any atom is -0.463 e. The number of carbonyl (C=O) groups excluding carboxylic acids is 4. The van der Waals surface area contributed by atoms with Crippen LogP contribution in [0.25, 0.3) is 6.08 Å². The van der Waals surface area contributed by atoms with E-state index >= 15 is 0 Å². The first kappa shape index (κ1) is 30.1. The van der Waals surface area contributed by atoms with Crippen molar-refractivity contribution in [2.45, 2.75) is 38.3 Å². The summed E-state index contributed by atoms with van der Waals surface area (Å²) < 4.78 is 4.96. The third kappa shape index (κ3) is 9.72. The number of esters is 1. The summed E-state index contributed by atoms with van der Waals surface area (Å²) in [6, 6.07) is 15.6. The van der Waals surface area contributed by atoms with Gasteiger partial charge in [0.2, 0.25) is 17.7 Å². The topological polar surface area (TPSA) is 117 Å². The van der Waals surface area contributed by atoms with E-state index in [1.165, 1.54) is 12.2 Å². The van der Waals surface area contributed by atoms with Gasteiger partial charge in [-0.3, -0.25) is 14.4 Å². The first-order valence-corrected chi connectivity index (χ1v) is 13.5. The SMILES string of the molecule is CCOC(=O)C=CC(CC1CCNC1=O)NC(=O)C(Cc1ccccc1)NC(=O)C=Cc1ccc(N(C)C)cc1. The molecule has 1 aliphatic rings. The molecule has 0 saturated carbocycles. The molecule has 3 unspecified atom stereocenters. The number of carbonyl (C=O) groups is 4. The van der Waals surface area contributed by atoms with Gasteiger partial charge >= 0.3 is 5.97 Å². The second-order valence-corrected chi connectivity index (χ2v) is 9.81. The lowest BCUT2D eigenvalue weighted by Gasteiger charge is -2.23. The van der Waals surface area contributed by atoms with Crippen LogP contribution in [0.3, 0.4) is 0 Å². The molecule has 0 aliphatic carbocycles. The summed E-state index contributed by atoms with van der Waals surface area (Å²) in [5.41, 5.74) is 2.77. The molecule has 0 bridgehead atoms. The first-order valence-electron chi connectivity index (χ1n) is 13.5. The summed E-state index contributed by atoms with van der Waals surface area (Å²) in [5.74, 6) is -1.74. The van der Waals surface area contributed by atoms with E-state index in [9.17, 15) is 19.2 Å². The third-order valence-electron chi connectivity index (χ3n) is 6.53. The normalized spacial score (nSPS) is 16.4. The summed E-state index contributed by atoms with van der Waals surface area (Å²) >= 11 is 0. The molecule has 3 atom stereocenters. The number of rotatable bonds is 13. The Morgan fingerprint density at radius 2 is 1.77 bits per heavy atom. The van der Waals surface area contributed by atoms with Crippen molar-refractivity contribution in [3.05, 3.63) is 84.0 Å². The average molecular weight is 547 g/mol. The maximum absolute atomic E-state index is 13.5. The number of nitrogens with one attached hydrogen (secondary N) is 3. The van der Waals surface area contributed by atoms with Crippen molar-refractivity contribution in [1.82, 2.24) is 16.0 Å². The lowest BCUT2D eigenvalue weighted by atomic mass is 9.97. The first-order chi connectivity index (χ1) is 19.2. The van der Waals surface area contributed by atoms with Gasteiger partial charge in [0, 0.05) is 56.9 Å². The van der Waals surface area contributed by atoms with Crippen LogP contribution in [-0.4, -0.2) is 63.0 Å². The van der Waals surface area contributed by atoms with E-state index in [2.05, 4.69) is 16.0 Å². The number of nitrogens with zero attached hydrogens (tertiary/aromatic N) is 1. The fourth-order valence-electron chi connectivity index (χ4n) is 4.36. The number of amides is 3. The fraction of sp³-hybridized carbons (Fsp3) is 0.355. The van der Waals surface area contributed by atoms with E-state index < -0.39 is 29.9 Å². The van der Waals surface area contributed by atoms with E-state index in [0.29, 0.717) is 19.4 Å². The molecule has 9 heteroatoms. The molecule has 0 radical (unpaired) electrons. The van der Waals surface area contributed by atoms with Crippen molar-refractivity contribution in [3.8, 4) is 0 Å². The third-order valence-corrected chi connectivity index (χ3v) is 6.53. The second kappa shape index (κ2) is 15.3. The number of anilines is 1. The van der Waals surface area contributed by atoms with Gasteiger partial charge in [0.05, 0.1) is 6.61 Å². The van der Waals surface area contributed by atoms with Gasteiger partial charge in [-0.05, 0) is 49.1 Å². The molecule has 9 nitrogen and oxygen atoms in total. The molecular formula is C31H38N4O5. The molecule has 3 N–H and O–H groups in total. The molecule has 2 aromatic rings. The molecule has 0 aromatic heterocycles. The molecule has 3 rings (SSSR count). The Bertz CT molecular complexity index is 1210. The van der Waals surface area contributed by atoms with Gasteiger partial charge < -0.3 is 25.6 Å². The zero-order valence-corrected chi connectivity index (χ0v) is 23.3. The van der Waals surface area contributed by atoms with Gasteiger partial charge in [0.25, 0.3) is 0 Å². The summed E-state index contributed by atoms with van der Waals surface area (Å²) in [7, 11) is 3.91. The molecule has 40 heavy (non-hydrogen) atoms. The van der Waals surface area contributed by atoms with Gasteiger partial charge in [-0.2, -0.15) is 0 Å². The highest BCUT2D eigenvalue weighted by Gasteiger charge is 2.29. The van der Waals surface area contributed by atoms with Crippen LogP contribution in [0, 0.1) is 5.92 Å². The van der Waals surface area contributed by atoms with E-state index in [1.807, 2.05) is 73.6 Å². The largest absolute Gasteiger partial charge is 0.463 e. The van der Waals surface area contributed by atoms with E-state index in [1.54, 1.807) is 19.1 Å². The molecule has 0 spiro atoms. The van der Waals surface area contributed by atoms with Crippen LogP contribution in [-0.2, 0) is 30.3 Å². The molecule has 1 saturated heterocycles. The second-order valence-electron chi connectivity index (χ2n) is 9.81. The van der Waals surface area contributed by atoms with Crippen LogP contribution < -0.4 is 20.9 Å². The Kier molecular flexibility index (Phi) is 11.5. The Labute approximate surface area is 235 Å². The number of hydrogen-bond donors (Lipinski definition) is 3. The van der Waals surface area contributed by atoms with Crippen LogP contribution in [0.15, 0.2) is 72.8 Å². The summed E-state index contributed by atoms with van der Waals surface area (Å²) in [6.45, 7) is 2.50. The van der Waals surface area contributed by atoms with Crippen LogP contribution in [0.4, 0.5) is 5.69 Å². The molecule has 212 valence electrons. The van der Waals surface area contributed by atoms with Crippen molar-refractivity contribution in [1.29, 1.82) is 0 Å². The van der Waals surface area contributed by atoms with Crippen molar-refractivity contribution in [3.63, 3.8) is 0 Å². The maximum atomic E-state index is 13.5. The Hall–Kier alpha value is -4.40. The summed E-state index contributed by atoms with van der Waals surface area (Å²) in [4.78, 5) is 52.5. The molecule has 3 amide bonds. The fourth-order valence-corrected chi connectivity index (χ4v) is 4.36. The van der Waals surface area contributed by atoms with Crippen molar-refractivity contribution in [2.75, 3.05) is 32.1 Å². The van der Waals surface area contributed by atoms with E-state index in [4.69, 9.17) is 4.74 Å². The molecule has 1 aliphatic heterocycles. The monoisotopic (exact) mass is 546 g/mol. The van der Waals surface area contributed by atoms with Gasteiger partial charge in [-0.1, -0.05) is 48.5 Å². The number of ether oxygens (including phenoxy) is 1. The molecule has 2 aromatic carbocycles. The maximum Gasteiger partial charge on any atom is 0.330 e. The molecule has 1 heterocycles. The van der Waals surface area contributed by atoms with Crippen molar-refractivity contribution < 1.29 is 23.9 Å². The highest BCUT2D eigenvalue weighted by Crippen LogP contribution is 2.17. The zero-order valence-electron chi connectivity index (χ0n) is 23.3. The van der Waals surface area contributed by atoms with Gasteiger partial charge in [0.1, 0.15) is 6.04 Å². The van der Waals surface area contributed by atoms with Crippen molar-refractivity contribution >= 4 is 35.5 Å². The minimum atomic E-state index is -0.883. The van der Waals surface area contributed by atoms with E-state index in [0.717, 1.165) is 16.8 Å². The lowest BCUT2D eigenvalue weighted by Crippen LogP contribution is -2.50. The average Bonchev–Trinajstić information content (AvgIpc) is 3.35. The lowest BCUT2D eigenvalue weighted by molar-refractivity contribution is -0.137. The zero-order chi connectivity index (χ0) is 28.9. The predicted octanol–water partition coefficient (Wildman–Crippen LogP) is 2.62. The predicted molar refractivity (Wildman–Crippen MR) is 155 cm³/mol. The minimum absolute atomic E-state index is 0.0818. The Balaban J connectivity index is 1.74. The summed E-state index contributed by atoms with van der Waals surface area (Å²) in [5, 5.41) is 8.53. The van der Waals surface area contributed by atoms with Gasteiger partial charge in [-0.25, -0.2) is 4.79 Å².